The molecule has 2 heterocycles. The summed E-state index contributed by atoms with van der Waals surface area (Å²) in [7, 11) is 0. The van der Waals surface area contributed by atoms with Crippen LogP contribution in [-0.4, -0.2) is 41.2 Å². The molecule has 1 saturated heterocycles. The maximum absolute atomic E-state index is 12.6. The molecule has 2 rings (SSSR count). The Hall–Kier alpha value is -2.03. The molecule has 0 spiro atoms. The third-order valence-corrected chi connectivity index (χ3v) is 3.18. The quantitative estimate of drug-likeness (QED) is 0.832. The number of pyridine rings is 1. The van der Waals surface area contributed by atoms with Crippen molar-refractivity contribution in [3.05, 3.63) is 28.2 Å². The van der Waals surface area contributed by atoms with Crippen molar-refractivity contribution in [3.8, 4) is 0 Å². The van der Waals surface area contributed by atoms with Crippen LogP contribution in [0.2, 0.25) is 0 Å². The largest absolute Gasteiger partial charge is 0.417 e. The van der Waals surface area contributed by atoms with Crippen LogP contribution in [-0.2, 0) is 10.9 Å². The van der Waals surface area contributed by atoms with E-state index >= 15 is 0 Å². The summed E-state index contributed by atoms with van der Waals surface area (Å²) in [5, 5.41) is 2.22. The lowest BCUT2D eigenvalue weighted by Gasteiger charge is -2.35. The van der Waals surface area contributed by atoms with Crippen LogP contribution in [0.1, 0.15) is 19.4 Å². The molecule has 6 nitrogen and oxygen atoms in total. The van der Waals surface area contributed by atoms with Crippen LogP contribution < -0.4 is 10.9 Å². The number of H-pyrrole nitrogens is 1. The lowest BCUT2D eigenvalue weighted by Crippen LogP contribution is -2.50. The minimum Gasteiger partial charge on any atom is -0.372 e. The molecule has 2 atom stereocenters. The van der Waals surface area contributed by atoms with E-state index in [1.54, 1.807) is 13.8 Å². The molecule has 1 aromatic heterocycles. The van der Waals surface area contributed by atoms with Gasteiger partial charge in [-0.15, -0.1) is 0 Å². The molecule has 9 heteroatoms. The molecule has 1 fully saturated rings. The fourth-order valence-electron chi connectivity index (χ4n) is 2.28. The Kier molecular flexibility index (Phi) is 4.45. The fraction of sp³-hybridized carbons (Fsp3) is 0.538. The highest BCUT2D eigenvalue weighted by Gasteiger charge is 2.32. The first-order valence-corrected chi connectivity index (χ1v) is 6.68. The van der Waals surface area contributed by atoms with E-state index in [0.29, 0.717) is 25.4 Å². The van der Waals surface area contributed by atoms with Crippen molar-refractivity contribution >= 4 is 11.7 Å². The van der Waals surface area contributed by atoms with Crippen molar-refractivity contribution in [3.63, 3.8) is 0 Å². The number of ether oxygens (including phenoxy) is 1. The predicted molar refractivity (Wildman–Crippen MR) is 72.7 cm³/mol. The normalized spacial score (nSPS) is 22.5. The Balaban J connectivity index is 2.16. The molecular formula is C13H16F3N3O3. The highest BCUT2D eigenvalue weighted by Crippen LogP contribution is 2.29. The second-order valence-corrected chi connectivity index (χ2v) is 5.22. The molecule has 0 bridgehead atoms. The number of halogens is 3. The molecule has 22 heavy (non-hydrogen) atoms. The van der Waals surface area contributed by atoms with Crippen LogP contribution >= 0.6 is 0 Å². The van der Waals surface area contributed by atoms with Gasteiger partial charge in [0.25, 0.3) is 5.56 Å². The smallest absolute Gasteiger partial charge is 0.372 e. The van der Waals surface area contributed by atoms with Gasteiger partial charge in [-0.3, -0.25) is 4.79 Å². The number of alkyl halides is 3. The molecule has 2 amide bonds. The van der Waals surface area contributed by atoms with E-state index in [2.05, 4.69) is 5.32 Å². The highest BCUT2D eigenvalue weighted by molar-refractivity contribution is 5.89. The maximum Gasteiger partial charge on any atom is 0.417 e. The number of rotatable bonds is 1. The van der Waals surface area contributed by atoms with E-state index in [1.165, 1.54) is 4.90 Å². The number of amides is 2. The Labute approximate surface area is 124 Å². The van der Waals surface area contributed by atoms with Crippen LogP contribution in [0.5, 0.6) is 0 Å². The predicted octanol–water partition coefficient (Wildman–Crippen LogP) is 2.03. The van der Waals surface area contributed by atoms with E-state index in [4.69, 9.17) is 4.74 Å². The summed E-state index contributed by atoms with van der Waals surface area (Å²) in [5.74, 6) is 0. The molecule has 0 aliphatic carbocycles. The van der Waals surface area contributed by atoms with Crippen LogP contribution in [0, 0.1) is 0 Å². The van der Waals surface area contributed by atoms with Gasteiger partial charge >= 0.3 is 12.2 Å². The number of urea groups is 1. The average molecular weight is 319 g/mol. The molecular weight excluding hydrogens is 303 g/mol. The number of morpholine rings is 1. The number of hydrogen-bond donors (Lipinski definition) is 2. The van der Waals surface area contributed by atoms with Gasteiger partial charge < -0.3 is 19.9 Å². The van der Waals surface area contributed by atoms with Gasteiger partial charge in [0.2, 0.25) is 0 Å². The van der Waals surface area contributed by atoms with Crippen molar-refractivity contribution in [1.29, 1.82) is 0 Å². The third-order valence-electron chi connectivity index (χ3n) is 3.18. The van der Waals surface area contributed by atoms with Crippen molar-refractivity contribution in [1.82, 2.24) is 9.88 Å². The van der Waals surface area contributed by atoms with Crippen molar-refractivity contribution < 1.29 is 22.7 Å². The lowest BCUT2D eigenvalue weighted by atomic mass is 10.2. The first kappa shape index (κ1) is 16.3. The SMILES string of the molecule is C[C@@H]1CN(C(=O)Nc2cc(C(F)(F)F)c[nH]c2=O)C[C@H](C)O1. The zero-order valence-corrected chi connectivity index (χ0v) is 12.0. The van der Waals surface area contributed by atoms with Crippen LogP contribution in [0.3, 0.4) is 0 Å². The van der Waals surface area contributed by atoms with Crippen molar-refractivity contribution in [2.45, 2.75) is 32.2 Å². The number of hydrogen-bond acceptors (Lipinski definition) is 3. The summed E-state index contributed by atoms with van der Waals surface area (Å²) >= 11 is 0. The number of anilines is 1. The molecule has 0 unspecified atom stereocenters. The van der Waals surface area contributed by atoms with Crippen molar-refractivity contribution in [2.75, 3.05) is 18.4 Å². The Morgan fingerprint density at radius 2 is 1.95 bits per heavy atom. The summed E-state index contributed by atoms with van der Waals surface area (Å²) in [6, 6.07) is -0.0175. The van der Waals surface area contributed by atoms with Crippen molar-refractivity contribution in [2.24, 2.45) is 0 Å². The van der Waals surface area contributed by atoms with Crippen LogP contribution in [0.25, 0.3) is 0 Å². The molecule has 1 aromatic rings. The van der Waals surface area contributed by atoms with Gasteiger partial charge in [0.15, 0.2) is 0 Å². The number of carbonyl (C=O) groups is 1. The third kappa shape index (κ3) is 3.79. The molecule has 1 aliphatic rings. The number of carbonyl (C=O) groups excluding carboxylic acids is 1. The first-order valence-electron chi connectivity index (χ1n) is 6.68. The van der Waals surface area contributed by atoms with Crippen LogP contribution in [0.4, 0.5) is 23.7 Å². The monoisotopic (exact) mass is 319 g/mol. The van der Waals surface area contributed by atoms with E-state index in [0.717, 1.165) is 0 Å². The van der Waals surface area contributed by atoms with Gasteiger partial charge in [-0.05, 0) is 19.9 Å². The summed E-state index contributed by atoms with van der Waals surface area (Å²) in [4.78, 5) is 27.0. The highest BCUT2D eigenvalue weighted by atomic mass is 19.4. The summed E-state index contributed by atoms with van der Waals surface area (Å²) < 4.78 is 43.4. The number of nitrogens with zero attached hydrogens (tertiary/aromatic N) is 1. The lowest BCUT2D eigenvalue weighted by molar-refractivity contribution is -0.137. The summed E-state index contributed by atoms with van der Waals surface area (Å²) in [5.41, 5.74) is -2.27. The first-order chi connectivity index (χ1) is 10.2. The van der Waals surface area contributed by atoms with Gasteiger partial charge in [0.05, 0.1) is 17.8 Å². The molecule has 1 aliphatic heterocycles. The molecule has 2 N–H and O–H groups in total. The van der Waals surface area contributed by atoms with Gasteiger partial charge in [0.1, 0.15) is 5.69 Å². The average Bonchev–Trinajstić information content (AvgIpc) is 2.38. The van der Waals surface area contributed by atoms with E-state index in [-0.39, 0.29) is 12.2 Å². The molecule has 0 radical (unpaired) electrons. The zero-order valence-electron chi connectivity index (χ0n) is 12.0. The maximum atomic E-state index is 12.6. The minimum absolute atomic E-state index is 0.186. The molecule has 122 valence electrons. The second-order valence-electron chi connectivity index (χ2n) is 5.22. The minimum atomic E-state index is -4.61. The molecule has 0 saturated carbocycles. The van der Waals surface area contributed by atoms with Gasteiger partial charge in [-0.2, -0.15) is 13.2 Å². The Morgan fingerprint density at radius 1 is 1.36 bits per heavy atom. The topological polar surface area (TPSA) is 74.4 Å². The Morgan fingerprint density at radius 3 is 2.50 bits per heavy atom. The van der Waals surface area contributed by atoms with E-state index < -0.39 is 29.0 Å². The number of nitrogens with one attached hydrogen (secondary N) is 2. The number of aromatic nitrogens is 1. The second kappa shape index (κ2) is 5.99. The number of aromatic amines is 1. The van der Waals surface area contributed by atoms with Crippen LogP contribution in [0.15, 0.2) is 17.1 Å². The van der Waals surface area contributed by atoms with Gasteiger partial charge in [0, 0.05) is 19.3 Å². The van der Waals surface area contributed by atoms with Gasteiger partial charge in [-0.1, -0.05) is 0 Å². The van der Waals surface area contributed by atoms with E-state index in [9.17, 15) is 22.8 Å². The fourth-order valence-corrected chi connectivity index (χ4v) is 2.28. The summed E-state index contributed by atoms with van der Waals surface area (Å²) in [6.45, 7) is 4.17. The Bertz CT molecular complexity index is 605. The standard InChI is InChI=1S/C13H16F3N3O3/c1-7-5-19(6-8(2)22-7)12(21)18-10-3-9(13(14,15)16)4-17-11(10)20/h3-4,7-8H,5-6H2,1-2H3,(H,17,20)(H,18,21)/t7-,8+. The van der Waals surface area contributed by atoms with E-state index in [1.807, 2.05) is 4.98 Å². The van der Waals surface area contributed by atoms with Gasteiger partial charge in [-0.25, -0.2) is 4.79 Å². The summed E-state index contributed by atoms with van der Waals surface area (Å²) in [6.07, 6.45) is -4.41. The zero-order chi connectivity index (χ0) is 16.5. The molecule has 0 aromatic carbocycles.